The first kappa shape index (κ1) is 26.5. The Morgan fingerprint density at radius 1 is 1.14 bits per heavy atom. The van der Waals surface area contributed by atoms with E-state index in [4.69, 9.17) is 4.74 Å². The number of nitrogens with one attached hydrogen (secondary N) is 2. The standard InChI is InChI=1S/C26H39N5O4/c1-7-35-23(32)21-20(29(6)24(33)27-22(21)19-12-9-8-11-18(19)2)17-30-13-10-14-31(16-15-30)25(34)28-26(3,4)5/h8-9,11-12,22H,7,10,13-17H2,1-6H3,(H,27,33)(H,28,34). The number of benzene rings is 1. The van der Waals surface area contributed by atoms with Crippen molar-refractivity contribution in [2.24, 2.45) is 0 Å². The normalized spacial score (nSPS) is 19.8. The molecule has 2 heterocycles. The van der Waals surface area contributed by atoms with E-state index in [0.717, 1.165) is 24.1 Å². The molecule has 35 heavy (non-hydrogen) atoms. The molecule has 0 aliphatic carbocycles. The highest BCUT2D eigenvalue weighted by Crippen LogP contribution is 2.33. The lowest BCUT2D eigenvalue weighted by molar-refractivity contribution is -0.139. The molecule has 0 saturated carbocycles. The van der Waals surface area contributed by atoms with Gasteiger partial charge in [-0.2, -0.15) is 0 Å². The van der Waals surface area contributed by atoms with Crippen molar-refractivity contribution >= 4 is 18.0 Å². The van der Waals surface area contributed by atoms with Crippen LogP contribution in [0.4, 0.5) is 9.59 Å². The molecular weight excluding hydrogens is 446 g/mol. The van der Waals surface area contributed by atoms with Gasteiger partial charge in [0.15, 0.2) is 0 Å². The molecule has 2 aliphatic rings. The minimum Gasteiger partial charge on any atom is -0.463 e. The molecule has 2 aliphatic heterocycles. The van der Waals surface area contributed by atoms with Gasteiger partial charge < -0.3 is 20.3 Å². The molecule has 1 unspecified atom stereocenters. The van der Waals surface area contributed by atoms with E-state index in [1.165, 1.54) is 4.90 Å². The number of carbonyl (C=O) groups excluding carboxylic acids is 3. The minimum absolute atomic E-state index is 0.0699. The molecular formula is C26H39N5O4. The van der Waals surface area contributed by atoms with E-state index < -0.39 is 12.0 Å². The zero-order valence-corrected chi connectivity index (χ0v) is 21.8. The highest BCUT2D eigenvalue weighted by molar-refractivity contribution is 5.95. The fourth-order valence-electron chi connectivity index (χ4n) is 4.49. The number of amides is 4. The van der Waals surface area contributed by atoms with Crippen LogP contribution in [-0.2, 0) is 9.53 Å². The van der Waals surface area contributed by atoms with Crippen molar-refractivity contribution in [3.8, 4) is 0 Å². The van der Waals surface area contributed by atoms with Gasteiger partial charge in [0.25, 0.3) is 0 Å². The largest absolute Gasteiger partial charge is 0.463 e. The minimum atomic E-state index is -0.588. The summed E-state index contributed by atoms with van der Waals surface area (Å²) < 4.78 is 5.44. The Hall–Kier alpha value is -3.07. The summed E-state index contributed by atoms with van der Waals surface area (Å²) in [4.78, 5) is 44.4. The smallest absolute Gasteiger partial charge is 0.338 e. The van der Waals surface area contributed by atoms with Crippen LogP contribution in [0, 0.1) is 6.92 Å². The second kappa shape index (κ2) is 11.1. The maximum absolute atomic E-state index is 13.2. The summed E-state index contributed by atoms with van der Waals surface area (Å²) >= 11 is 0. The van der Waals surface area contributed by atoms with Crippen molar-refractivity contribution in [3.05, 3.63) is 46.7 Å². The molecule has 0 radical (unpaired) electrons. The van der Waals surface area contributed by atoms with Gasteiger partial charge in [-0.1, -0.05) is 24.3 Å². The summed E-state index contributed by atoms with van der Waals surface area (Å²) in [7, 11) is 1.68. The van der Waals surface area contributed by atoms with Crippen LogP contribution in [0.25, 0.3) is 0 Å². The molecule has 1 fully saturated rings. The Kier molecular flexibility index (Phi) is 8.43. The number of hydrogen-bond acceptors (Lipinski definition) is 5. The number of urea groups is 2. The number of nitrogens with zero attached hydrogens (tertiary/aromatic N) is 3. The average molecular weight is 486 g/mol. The van der Waals surface area contributed by atoms with E-state index in [2.05, 4.69) is 15.5 Å². The van der Waals surface area contributed by atoms with Gasteiger partial charge >= 0.3 is 18.0 Å². The lowest BCUT2D eigenvalue weighted by atomic mass is 9.91. The molecule has 1 atom stereocenters. The van der Waals surface area contributed by atoms with Crippen molar-refractivity contribution in [2.45, 2.75) is 52.6 Å². The van der Waals surface area contributed by atoms with Gasteiger partial charge in [0, 0.05) is 51.0 Å². The quantitative estimate of drug-likeness (QED) is 0.626. The van der Waals surface area contributed by atoms with E-state index in [9.17, 15) is 14.4 Å². The number of aryl methyl sites for hydroxylation is 1. The van der Waals surface area contributed by atoms with Gasteiger partial charge in [0.05, 0.1) is 18.2 Å². The van der Waals surface area contributed by atoms with E-state index >= 15 is 0 Å². The summed E-state index contributed by atoms with van der Waals surface area (Å²) in [5.41, 5.74) is 2.64. The first-order valence-corrected chi connectivity index (χ1v) is 12.3. The van der Waals surface area contributed by atoms with Gasteiger partial charge in [-0.3, -0.25) is 9.80 Å². The van der Waals surface area contributed by atoms with Gasteiger partial charge in [0.1, 0.15) is 0 Å². The maximum atomic E-state index is 13.2. The second-order valence-corrected chi connectivity index (χ2v) is 10.2. The van der Waals surface area contributed by atoms with E-state index in [1.807, 2.05) is 56.9 Å². The van der Waals surface area contributed by atoms with Crippen molar-refractivity contribution in [3.63, 3.8) is 0 Å². The first-order valence-electron chi connectivity index (χ1n) is 12.3. The Morgan fingerprint density at radius 2 is 1.86 bits per heavy atom. The molecule has 3 rings (SSSR count). The van der Waals surface area contributed by atoms with Crippen LogP contribution >= 0.6 is 0 Å². The van der Waals surface area contributed by atoms with Crippen LogP contribution in [0.1, 0.15) is 51.3 Å². The molecule has 2 N–H and O–H groups in total. The molecule has 0 aromatic heterocycles. The Balaban J connectivity index is 1.89. The number of carbonyl (C=O) groups is 3. The SMILES string of the molecule is CCOC(=O)C1=C(CN2CCCN(C(=O)NC(C)(C)C)CC2)N(C)C(=O)NC1c1ccccc1C. The molecule has 1 aromatic rings. The van der Waals surface area contributed by atoms with E-state index in [1.54, 1.807) is 14.0 Å². The van der Waals surface area contributed by atoms with Crippen LogP contribution in [0.15, 0.2) is 35.5 Å². The van der Waals surface area contributed by atoms with Gasteiger partial charge in [-0.15, -0.1) is 0 Å². The predicted molar refractivity (Wildman–Crippen MR) is 135 cm³/mol. The molecule has 0 bridgehead atoms. The summed E-state index contributed by atoms with van der Waals surface area (Å²) in [6.45, 7) is 12.9. The number of esters is 1. The Bertz CT molecular complexity index is 984. The van der Waals surface area contributed by atoms with Crippen molar-refractivity contribution < 1.29 is 19.1 Å². The average Bonchev–Trinajstić information content (AvgIpc) is 3.02. The number of rotatable bonds is 5. The van der Waals surface area contributed by atoms with Crippen molar-refractivity contribution in [1.82, 2.24) is 25.3 Å². The number of likely N-dealkylation sites (N-methyl/N-ethyl adjacent to an activating group) is 1. The first-order chi connectivity index (χ1) is 16.5. The zero-order chi connectivity index (χ0) is 25.8. The third-order valence-electron chi connectivity index (χ3n) is 6.30. The maximum Gasteiger partial charge on any atom is 0.338 e. The lowest BCUT2D eigenvalue weighted by Crippen LogP contribution is -2.50. The van der Waals surface area contributed by atoms with Gasteiger partial charge in [-0.05, 0) is 52.2 Å². The van der Waals surface area contributed by atoms with Crippen molar-refractivity contribution in [2.75, 3.05) is 46.4 Å². The van der Waals surface area contributed by atoms with Crippen molar-refractivity contribution in [1.29, 1.82) is 0 Å². The summed E-state index contributed by atoms with van der Waals surface area (Å²) in [6, 6.07) is 6.82. The third kappa shape index (κ3) is 6.54. The highest BCUT2D eigenvalue weighted by Gasteiger charge is 2.38. The van der Waals surface area contributed by atoms with Crippen LogP contribution in [-0.4, -0.2) is 84.6 Å². The molecule has 192 valence electrons. The molecule has 9 heteroatoms. The lowest BCUT2D eigenvalue weighted by Gasteiger charge is -2.37. The van der Waals surface area contributed by atoms with Gasteiger partial charge in [-0.25, -0.2) is 14.4 Å². The summed E-state index contributed by atoms with van der Waals surface area (Å²) in [6.07, 6.45) is 0.802. The number of ether oxygens (including phenoxy) is 1. The fourth-order valence-corrected chi connectivity index (χ4v) is 4.49. The van der Waals surface area contributed by atoms with Crippen LogP contribution < -0.4 is 10.6 Å². The highest BCUT2D eigenvalue weighted by atomic mass is 16.5. The van der Waals surface area contributed by atoms with Gasteiger partial charge in [0.2, 0.25) is 0 Å². The molecule has 9 nitrogen and oxygen atoms in total. The molecule has 0 spiro atoms. The Labute approximate surface area is 208 Å². The summed E-state index contributed by atoms with van der Waals surface area (Å²) in [5, 5.41) is 6.01. The fraction of sp³-hybridized carbons (Fsp3) is 0.577. The topological polar surface area (TPSA) is 94.2 Å². The summed E-state index contributed by atoms with van der Waals surface area (Å²) in [5.74, 6) is -0.427. The van der Waals surface area contributed by atoms with Crippen LogP contribution in [0.5, 0.6) is 0 Å². The third-order valence-corrected chi connectivity index (χ3v) is 6.30. The monoisotopic (exact) mass is 485 g/mol. The second-order valence-electron chi connectivity index (χ2n) is 10.2. The molecule has 4 amide bonds. The van der Waals surface area contributed by atoms with Crippen LogP contribution in [0.2, 0.25) is 0 Å². The molecule has 1 saturated heterocycles. The zero-order valence-electron chi connectivity index (χ0n) is 21.8. The Morgan fingerprint density at radius 3 is 2.51 bits per heavy atom. The van der Waals surface area contributed by atoms with Crippen LogP contribution in [0.3, 0.4) is 0 Å². The number of hydrogen-bond donors (Lipinski definition) is 2. The molecule has 1 aromatic carbocycles. The van der Waals surface area contributed by atoms with E-state index in [-0.39, 0.29) is 24.2 Å². The predicted octanol–water partition coefficient (Wildman–Crippen LogP) is 3.02. The van der Waals surface area contributed by atoms with E-state index in [0.29, 0.717) is 37.4 Å².